The average Bonchev–Trinajstić information content (AvgIpc) is 2.50. The lowest BCUT2D eigenvalue weighted by Crippen LogP contribution is -2.51. The summed E-state index contributed by atoms with van der Waals surface area (Å²) in [5.41, 5.74) is 1.15. The molecule has 3 rings (SSSR count). The Labute approximate surface area is 99.0 Å². The molecule has 16 heavy (non-hydrogen) atoms. The minimum Gasteiger partial charge on any atom is -0.299 e. The topological polar surface area (TPSA) is 17.1 Å². The summed E-state index contributed by atoms with van der Waals surface area (Å²) < 4.78 is 0. The van der Waals surface area contributed by atoms with E-state index in [2.05, 4.69) is 27.7 Å². The molecule has 2 bridgehead atoms. The van der Waals surface area contributed by atoms with Crippen molar-refractivity contribution in [1.82, 2.24) is 0 Å². The summed E-state index contributed by atoms with van der Waals surface area (Å²) in [4.78, 5) is 12.2. The summed E-state index contributed by atoms with van der Waals surface area (Å²) in [6.07, 6.45) is 7.21. The van der Waals surface area contributed by atoms with Gasteiger partial charge in [0.25, 0.3) is 0 Å². The van der Waals surface area contributed by atoms with Gasteiger partial charge < -0.3 is 0 Å². The Bertz CT molecular complexity index is 370. The Hall–Kier alpha value is -0.330. The van der Waals surface area contributed by atoms with Crippen LogP contribution in [0.4, 0.5) is 0 Å². The van der Waals surface area contributed by atoms with Crippen LogP contribution in [0.2, 0.25) is 0 Å². The van der Waals surface area contributed by atoms with Crippen molar-refractivity contribution in [2.24, 2.45) is 21.7 Å². The van der Waals surface area contributed by atoms with E-state index in [1.165, 1.54) is 25.7 Å². The van der Waals surface area contributed by atoms with E-state index in [0.717, 1.165) is 12.8 Å². The van der Waals surface area contributed by atoms with Crippen molar-refractivity contribution in [3.05, 3.63) is 0 Å². The van der Waals surface area contributed by atoms with Crippen molar-refractivity contribution in [3.8, 4) is 0 Å². The van der Waals surface area contributed by atoms with Crippen molar-refractivity contribution in [3.63, 3.8) is 0 Å². The monoisotopic (exact) mass is 220 g/mol. The summed E-state index contributed by atoms with van der Waals surface area (Å²) >= 11 is 0. The Balaban J connectivity index is 2.15. The summed E-state index contributed by atoms with van der Waals surface area (Å²) in [5.74, 6) is 0.556. The fraction of sp³-hybridized carbons (Fsp3) is 0.933. The van der Waals surface area contributed by atoms with Crippen molar-refractivity contribution in [2.45, 2.75) is 66.2 Å². The Kier molecular flexibility index (Phi) is 1.73. The van der Waals surface area contributed by atoms with Crippen LogP contribution in [0.3, 0.4) is 0 Å². The number of rotatable bonds is 0. The molecule has 0 aromatic carbocycles. The van der Waals surface area contributed by atoms with Gasteiger partial charge in [0, 0.05) is 11.8 Å². The molecule has 3 aliphatic rings. The molecule has 3 saturated carbocycles. The fourth-order valence-corrected chi connectivity index (χ4v) is 5.72. The van der Waals surface area contributed by atoms with E-state index in [0.29, 0.717) is 22.0 Å². The van der Waals surface area contributed by atoms with Gasteiger partial charge in [-0.2, -0.15) is 0 Å². The highest BCUT2D eigenvalue weighted by molar-refractivity contribution is 5.89. The Morgan fingerprint density at radius 2 is 1.69 bits per heavy atom. The average molecular weight is 220 g/mol. The zero-order valence-corrected chi connectivity index (χ0v) is 11.2. The number of ketones is 1. The molecule has 3 atom stereocenters. The van der Waals surface area contributed by atoms with Gasteiger partial charge in [-0.15, -0.1) is 0 Å². The van der Waals surface area contributed by atoms with Gasteiger partial charge in [-0.05, 0) is 41.9 Å². The van der Waals surface area contributed by atoms with Crippen molar-refractivity contribution in [1.29, 1.82) is 0 Å². The first kappa shape index (κ1) is 10.8. The van der Waals surface area contributed by atoms with Gasteiger partial charge in [-0.1, -0.05) is 34.1 Å². The highest BCUT2D eigenvalue weighted by Gasteiger charge is 2.72. The molecule has 1 spiro atoms. The van der Waals surface area contributed by atoms with Gasteiger partial charge in [0.05, 0.1) is 0 Å². The predicted molar refractivity (Wildman–Crippen MR) is 65.1 cm³/mol. The van der Waals surface area contributed by atoms with E-state index >= 15 is 0 Å². The second kappa shape index (κ2) is 2.57. The SMILES string of the molecule is CC1(C)CCC[C@@]2(C)C[C@@]3(C)C[C@@]12CC3=O. The summed E-state index contributed by atoms with van der Waals surface area (Å²) in [6, 6.07) is 0. The lowest BCUT2D eigenvalue weighted by molar-refractivity contribution is -0.138. The zero-order chi connectivity index (χ0) is 11.8. The van der Waals surface area contributed by atoms with Crippen molar-refractivity contribution < 1.29 is 4.79 Å². The molecule has 0 aliphatic heterocycles. The van der Waals surface area contributed by atoms with Crippen LogP contribution in [0.1, 0.15) is 66.2 Å². The maximum absolute atomic E-state index is 12.2. The number of hydrogen-bond donors (Lipinski definition) is 0. The van der Waals surface area contributed by atoms with Crippen LogP contribution in [0, 0.1) is 21.7 Å². The number of carbonyl (C=O) groups excluding carboxylic acids is 1. The third kappa shape index (κ3) is 0.926. The quantitative estimate of drug-likeness (QED) is 0.604. The van der Waals surface area contributed by atoms with Crippen LogP contribution in [0.15, 0.2) is 0 Å². The maximum Gasteiger partial charge on any atom is 0.139 e. The molecule has 90 valence electrons. The minimum absolute atomic E-state index is 0.0242. The molecule has 0 unspecified atom stereocenters. The van der Waals surface area contributed by atoms with Crippen LogP contribution in [0.5, 0.6) is 0 Å². The summed E-state index contributed by atoms with van der Waals surface area (Å²) in [7, 11) is 0. The van der Waals surface area contributed by atoms with Crippen LogP contribution >= 0.6 is 0 Å². The molecule has 3 fully saturated rings. The summed E-state index contributed by atoms with van der Waals surface area (Å²) in [6.45, 7) is 9.51. The van der Waals surface area contributed by atoms with E-state index in [9.17, 15) is 4.79 Å². The second-order valence-electron chi connectivity index (χ2n) is 7.89. The van der Waals surface area contributed by atoms with E-state index in [1.54, 1.807) is 0 Å². The lowest BCUT2D eigenvalue weighted by Gasteiger charge is -2.57. The Morgan fingerprint density at radius 1 is 1.00 bits per heavy atom. The smallest absolute Gasteiger partial charge is 0.139 e. The summed E-state index contributed by atoms with van der Waals surface area (Å²) in [5, 5.41) is 0. The number of carbonyl (C=O) groups is 1. The third-order valence-electron chi connectivity index (χ3n) is 6.59. The lowest BCUT2D eigenvalue weighted by atomic mass is 9.46. The molecule has 0 aromatic rings. The molecular formula is C15H24O. The number of fused-ring (bicyclic) bond motifs is 1. The zero-order valence-electron chi connectivity index (χ0n) is 11.2. The molecule has 1 nitrogen and oxygen atoms in total. The van der Waals surface area contributed by atoms with E-state index in [1.807, 2.05) is 0 Å². The maximum atomic E-state index is 12.2. The third-order valence-corrected chi connectivity index (χ3v) is 6.59. The molecule has 0 saturated heterocycles. The van der Waals surface area contributed by atoms with Gasteiger partial charge in [0.1, 0.15) is 5.78 Å². The normalized spacial score (nSPS) is 54.1. The molecule has 0 amide bonds. The molecule has 0 heterocycles. The number of Topliss-reactive ketones (excluding diaryl/α,β-unsaturated/α-hetero) is 1. The Morgan fingerprint density at radius 3 is 2.31 bits per heavy atom. The first-order valence-electron chi connectivity index (χ1n) is 6.78. The van der Waals surface area contributed by atoms with Crippen molar-refractivity contribution in [2.75, 3.05) is 0 Å². The first-order chi connectivity index (χ1) is 7.25. The molecule has 0 radical (unpaired) electrons. The van der Waals surface area contributed by atoms with E-state index < -0.39 is 0 Å². The van der Waals surface area contributed by atoms with Gasteiger partial charge in [-0.3, -0.25) is 4.79 Å². The molecule has 0 aromatic heterocycles. The predicted octanol–water partition coefficient (Wildman–Crippen LogP) is 3.96. The molecular weight excluding hydrogens is 196 g/mol. The van der Waals surface area contributed by atoms with Gasteiger partial charge >= 0.3 is 0 Å². The highest BCUT2D eigenvalue weighted by atomic mass is 16.1. The van der Waals surface area contributed by atoms with Gasteiger partial charge in [0.2, 0.25) is 0 Å². The van der Waals surface area contributed by atoms with Crippen LogP contribution in [-0.4, -0.2) is 5.78 Å². The van der Waals surface area contributed by atoms with Gasteiger partial charge in [-0.25, -0.2) is 0 Å². The number of hydrogen-bond acceptors (Lipinski definition) is 1. The standard InChI is InChI=1S/C15H24O/c1-12(2)6-5-7-14(4)9-13(3)10-15(12,14)8-11(13)16/h5-10H2,1-4H3/t13-,14-,15-/m0/s1. The van der Waals surface area contributed by atoms with Crippen molar-refractivity contribution >= 4 is 5.78 Å². The molecule has 0 N–H and O–H groups in total. The van der Waals surface area contributed by atoms with E-state index in [4.69, 9.17) is 0 Å². The van der Waals surface area contributed by atoms with Crippen LogP contribution < -0.4 is 0 Å². The first-order valence-corrected chi connectivity index (χ1v) is 6.78. The van der Waals surface area contributed by atoms with Crippen LogP contribution in [0.25, 0.3) is 0 Å². The highest BCUT2D eigenvalue weighted by Crippen LogP contribution is 2.77. The second-order valence-corrected chi connectivity index (χ2v) is 7.89. The minimum atomic E-state index is 0.0242. The molecule has 1 heteroatoms. The molecule has 3 aliphatic carbocycles. The van der Waals surface area contributed by atoms with E-state index in [-0.39, 0.29) is 5.41 Å². The fourth-order valence-electron chi connectivity index (χ4n) is 5.72. The van der Waals surface area contributed by atoms with Crippen LogP contribution in [-0.2, 0) is 4.79 Å². The largest absolute Gasteiger partial charge is 0.299 e. The van der Waals surface area contributed by atoms with Gasteiger partial charge in [0.15, 0.2) is 0 Å².